The third kappa shape index (κ3) is 4.87. The van der Waals surface area contributed by atoms with Crippen molar-refractivity contribution < 1.29 is 4.74 Å². The molecular weight excluding hydrogens is 224 g/mol. The molecule has 3 nitrogen and oxygen atoms in total. The van der Waals surface area contributed by atoms with Gasteiger partial charge in [0.2, 0.25) is 0 Å². The van der Waals surface area contributed by atoms with E-state index in [1.807, 2.05) is 0 Å². The van der Waals surface area contributed by atoms with Gasteiger partial charge in [-0.3, -0.25) is 4.90 Å². The molecule has 0 bridgehead atoms. The first-order chi connectivity index (χ1) is 8.88. The molecule has 2 aliphatic rings. The maximum absolute atomic E-state index is 5.71. The fourth-order valence-corrected chi connectivity index (χ4v) is 3.14. The van der Waals surface area contributed by atoms with E-state index in [0.29, 0.717) is 6.10 Å². The molecule has 1 aliphatic heterocycles. The van der Waals surface area contributed by atoms with Crippen LogP contribution < -0.4 is 5.32 Å². The first-order valence-electron chi connectivity index (χ1n) is 7.96. The molecule has 3 heteroatoms. The Hall–Kier alpha value is -0.120. The van der Waals surface area contributed by atoms with Crippen LogP contribution in [0.5, 0.6) is 0 Å². The van der Waals surface area contributed by atoms with Crippen LogP contribution in [0.4, 0.5) is 0 Å². The number of hydrogen-bond acceptors (Lipinski definition) is 3. The SMILES string of the molecule is CCC1CN(CCNC2CCCCCC2)CCO1. The Balaban J connectivity index is 1.59. The van der Waals surface area contributed by atoms with Gasteiger partial charge in [0.25, 0.3) is 0 Å². The van der Waals surface area contributed by atoms with Gasteiger partial charge >= 0.3 is 0 Å². The minimum absolute atomic E-state index is 0.469. The van der Waals surface area contributed by atoms with Crippen molar-refractivity contribution in [3.8, 4) is 0 Å². The molecule has 18 heavy (non-hydrogen) atoms. The summed E-state index contributed by atoms with van der Waals surface area (Å²) >= 11 is 0. The molecular formula is C15H30N2O. The lowest BCUT2D eigenvalue weighted by molar-refractivity contribution is -0.0292. The smallest absolute Gasteiger partial charge is 0.0700 e. The summed E-state index contributed by atoms with van der Waals surface area (Å²) in [5.41, 5.74) is 0. The number of nitrogens with zero attached hydrogens (tertiary/aromatic N) is 1. The molecule has 1 unspecified atom stereocenters. The monoisotopic (exact) mass is 254 g/mol. The van der Waals surface area contributed by atoms with Gasteiger partial charge in [-0.05, 0) is 19.3 Å². The molecule has 2 fully saturated rings. The predicted octanol–water partition coefficient (Wildman–Crippen LogP) is 2.41. The van der Waals surface area contributed by atoms with Gasteiger partial charge < -0.3 is 10.1 Å². The highest BCUT2D eigenvalue weighted by Gasteiger charge is 2.18. The first kappa shape index (κ1) is 14.3. The van der Waals surface area contributed by atoms with E-state index in [9.17, 15) is 0 Å². The number of nitrogens with one attached hydrogen (secondary N) is 1. The molecule has 1 aliphatic carbocycles. The van der Waals surface area contributed by atoms with Crippen molar-refractivity contribution in [2.45, 2.75) is 64.0 Å². The van der Waals surface area contributed by atoms with Crippen LogP contribution in [-0.2, 0) is 4.74 Å². The Labute approximate surface area is 112 Å². The summed E-state index contributed by atoms with van der Waals surface area (Å²) in [4.78, 5) is 2.56. The molecule has 1 heterocycles. The number of rotatable bonds is 5. The van der Waals surface area contributed by atoms with Gasteiger partial charge in [-0.1, -0.05) is 32.6 Å². The number of ether oxygens (including phenoxy) is 1. The third-order valence-electron chi connectivity index (χ3n) is 4.39. The van der Waals surface area contributed by atoms with Gasteiger partial charge in [0, 0.05) is 32.2 Å². The van der Waals surface area contributed by atoms with E-state index < -0.39 is 0 Å². The molecule has 0 aromatic rings. The van der Waals surface area contributed by atoms with Crippen LogP contribution >= 0.6 is 0 Å². The summed E-state index contributed by atoms with van der Waals surface area (Å²) < 4.78 is 5.71. The molecule has 0 radical (unpaired) electrons. The molecule has 1 saturated heterocycles. The molecule has 0 spiro atoms. The lowest BCUT2D eigenvalue weighted by Crippen LogP contribution is -2.45. The zero-order valence-electron chi connectivity index (χ0n) is 12.0. The first-order valence-corrected chi connectivity index (χ1v) is 7.96. The van der Waals surface area contributed by atoms with E-state index in [0.717, 1.165) is 38.7 Å². The van der Waals surface area contributed by atoms with Gasteiger partial charge in [-0.2, -0.15) is 0 Å². The minimum atomic E-state index is 0.469. The van der Waals surface area contributed by atoms with Gasteiger partial charge in [0.15, 0.2) is 0 Å². The maximum atomic E-state index is 5.71. The average Bonchev–Trinajstić information content (AvgIpc) is 2.68. The van der Waals surface area contributed by atoms with Crippen LogP contribution in [0.25, 0.3) is 0 Å². The molecule has 0 aromatic heterocycles. The van der Waals surface area contributed by atoms with E-state index in [2.05, 4.69) is 17.1 Å². The minimum Gasteiger partial charge on any atom is -0.376 e. The Morgan fingerprint density at radius 3 is 2.67 bits per heavy atom. The second-order valence-electron chi connectivity index (χ2n) is 5.84. The standard InChI is InChI=1S/C15H30N2O/c1-2-15-13-17(11-12-18-15)10-9-16-14-7-5-3-4-6-8-14/h14-16H,2-13H2,1H3. The maximum Gasteiger partial charge on any atom is 0.0700 e. The van der Waals surface area contributed by atoms with Crippen LogP contribution in [-0.4, -0.2) is 49.8 Å². The normalized spacial score (nSPS) is 28.2. The predicted molar refractivity (Wildman–Crippen MR) is 76.0 cm³/mol. The van der Waals surface area contributed by atoms with Gasteiger partial charge in [0.1, 0.15) is 0 Å². The molecule has 2 rings (SSSR count). The summed E-state index contributed by atoms with van der Waals surface area (Å²) in [5.74, 6) is 0. The number of hydrogen-bond donors (Lipinski definition) is 1. The Morgan fingerprint density at radius 2 is 1.94 bits per heavy atom. The topological polar surface area (TPSA) is 24.5 Å². The third-order valence-corrected chi connectivity index (χ3v) is 4.39. The van der Waals surface area contributed by atoms with Crippen molar-refractivity contribution in [3.05, 3.63) is 0 Å². The molecule has 0 amide bonds. The van der Waals surface area contributed by atoms with Gasteiger partial charge in [0.05, 0.1) is 12.7 Å². The van der Waals surface area contributed by atoms with Crippen LogP contribution in [0.2, 0.25) is 0 Å². The van der Waals surface area contributed by atoms with Gasteiger partial charge in [-0.25, -0.2) is 0 Å². The van der Waals surface area contributed by atoms with Crippen LogP contribution in [0, 0.1) is 0 Å². The van der Waals surface area contributed by atoms with E-state index in [1.165, 1.54) is 45.1 Å². The Morgan fingerprint density at radius 1 is 1.17 bits per heavy atom. The van der Waals surface area contributed by atoms with Crippen molar-refractivity contribution >= 4 is 0 Å². The second kappa shape index (κ2) is 8.13. The summed E-state index contributed by atoms with van der Waals surface area (Å²) in [6.45, 7) is 7.73. The summed E-state index contributed by atoms with van der Waals surface area (Å²) in [7, 11) is 0. The van der Waals surface area contributed by atoms with Gasteiger partial charge in [-0.15, -0.1) is 0 Å². The van der Waals surface area contributed by atoms with Crippen LogP contribution in [0.1, 0.15) is 51.9 Å². The van der Waals surface area contributed by atoms with Crippen molar-refractivity contribution in [1.29, 1.82) is 0 Å². The summed E-state index contributed by atoms with van der Waals surface area (Å²) in [5, 5.41) is 3.76. The zero-order valence-corrected chi connectivity index (χ0v) is 12.0. The highest BCUT2D eigenvalue weighted by molar-refractivity contribution is 4.74. The molecule has 106 valence electrons. The second-order valence-corrected chi connectivity index (χ2v) is 5.84. The van der Waals surface area contributed by atoms with E-state index in [-0.39, 0.29) is 0 Å². The Kier molecular flexibility index (Phi) is 6.46. The van der Waals surface area contributed by atoms with Crippen molar-refractivity contribution in [2.75, 3.05) is 32.8 Å². The fourth-order valence-electron chi connectivity index (χ4n) is 3.14. The molecule has 0 aromatic carbocycles. The van der Waals surface area contributed by atoms with E-state index in [1.54, 1.807) is 0 Å². The lowest BCUT2D eigenvalue weighted by atomic mass is 10.1. The molecule has 1 atom stereocenters. The zero-order chi connectivity index (χ0) is 12.6. The highest BCUT2D eigenvalue weighted by Crippen LogP contribution is 2.17. The number of morpholine rings is 1. The highest BCUT2D eigenvalue weighted by atomic mass is 16.5. The summed E-state index contributed by atoms with van der Waals surface area (Å²) in [6, 6.07) is 0.788. The largest absolute Gasteiger partial charge is 0.376 e. The van der Waals surface area contributed by atoms with E-state index >= 15 is 0 Å². The quantitative estimate of drug-likeness (QED) is 0.763. The van der Waals surface area contributed by atoms with Crippen molar-refractivity contribution in [2.24, 2.45) is 0 Å². The Bertz CT molecular complexity index is 215. The van der Waals surface area contributed by atoms with Crippen LogP contribution in [0.3, 0.4) is 0 Å². The molecule has 1 N–H and O–H groups in total. The summed E-state index contributed by atoms with van der Waals surface area (Å²) in [6.07, 6.45) is 10.1. The molecule has 1 saturated carbocycles. The van der Waals surface area contributed by atoms with Crippen LogP contribution in [0.15, 0.2) is 0 Å². The van der Waals surface area contributed by atoms with E-state index in [4.69, 9.17) is 4.74 Å². The van der Waals surface area contributed by atoms with Crippen molar-refractivity contribution in [1.82, 2.24) is 10.2 Å². The lowest BCUT2D eigenvalue weighted by Gasteiger charge is -2.32. The average molecular weight is 254 g/mol. The van der Waals surface area contributed by atoms with Crippen molar-refractivity contribution in [3.63, 3.8) is 0 Å². The fraction of sp³-hybridized carbons (Fsp3) is 1.00.